The molecule has 0 radical (unpaired) electrons. The van der Waals surface area contributed by atoms with Crippen LogP contribution in [0, 0.1) is 0 Å². The van der Waals surface area contributed by atoms with Gasteiger partial charge in [0.2, 0.25) is 0 Å². The molecule has 4 aromatic rings. The Hall–Kier alpha value is -3.91. The quantitative estimate of drug-likeness (QED) is 0.351. The van der Waals surface area contributed by atoms with Crippen molar-refractivity contribution in [2.75, 3.05) is 19.5 Å². The van der Waals surface area contributed by atoms with Crippen LogP contribution in [0.3, 0.4) is 0 Å². The maximum atomic E-state index is 12.1. The molecule has 9 heteroatoms. The SMILES string of the molecule is CCc1cc(CCc2cc(C(=O)NC)cc(OC)c2Cl)cnc1Nc1cnn(-c2ccccn2)c1. The van der Waals surface area contributed by atoms with Crippen molar-refractivity contribution in [1.82, 2.24) is 25.1 Å². The minimum atomic E-state index is -0.182. The smallest absolute Gasteiger partial charge is 0.251 e. The summed E-state index contributed by atoms with van der Waals surface area (Å²) in [6.07, 6.45) is 9.41. The van der Waals surface area contributed by atoms with Crippen molar-refractivity contribution in [3.63, 3.8) is 0 Å². The fourth-order valence-corrected chi connectivity index (χ4v) is 4.04. The molecule has 0 spiro atoms. The third-order valence-corrected chi connectivity index (χ3v) is 6.07. The van der Waals surface area contributed by atoms with E-state index < -0.39 is 0 Å². The van der Waals surface area contributed by atoms with E-state index >= 15 is 0 Å². The zero-order valence-corrected chi connectivity index (χ0v) is 20.6. The molecule has 35 heavy (non-hydrogen) atoms. The van der Waals surface area contributed by atoms with Gasteiger partial charge in [-0.25, -0.2) is 14.6 Å². The maximum absolute atomic E-state index is 12.1. The van der Waals surface area contributed by atoms with Crippen LogP contribution in [-0.4, -0.2) is 39.8 Å². The molecule has 3 aromatic heterocycles. The summed E-state index contributed by atoms with van der Waals surface area (Å²) >= 11 is 6.52. The fraction of sp³-hybridized carbons (Fsp3) is 0.231. The highest BCUT2D eigenvalue weighted by Crippen LogP contribution is 2.31. The van der Waals surface area contributed by atoms with Crippen LogP contribution in [0.4, 0.5) is 11.5 Å². The minimum Gasteiger partial charge on any atom is -0.495 e. The van der Waals surface area contributed by atoms with Crippen LogP contribution in [0.25, 0.3) is 5.82 Å². The van der Waals surface area contributed by atoms with Gasteiger partial charge < -0.3 is 15.4 Å². The summed E-state index contributed by atoms with van der Waals surface area (Å²) < 4.78 is 7.08. The van der Waals surface area contributed by atoms with Gasteiger partial charge in [-0.05, 0) is 60.2 Å². The van der Waals surface area contributed by atoms with Gasteiger partial charge in [0.05, 0.1) is 30.2 Å². The molecule has 0 aliphatic carbocycles. The number of nitrogens with one attached hydrogen (secondary N) is 2. The molecule has 8 nitrogen and oxygen atoms in total. The van der Waals surface area contributed by atoms with Crippen LogP contribution < -0.4 is 15.4 Å². The third-order valence-electron chi connectivity index (χ3n) is 5.64. The van der Waals surface area contributed by atoms with Crippen molar-refractivity contribution in [1.29, 1.82) is 0 Å². The van der Waals surface area contributed by atoms with Crippen molar-refractivity contribution in [2.24, 2.45) is 0 Å². The zero-order chi connectivity index (χ0) is 24.8. The number of rotatable bonds is 9. The monoisotopic (exact) mass is 490 g/mol. The average molecular weight is 491 g/mol. The lowest BCUT2D eigenvalue weighted by molar-refractivity contribution is 0.0962. The van der Waals surface area contributed by atoms with E-state index in [1.165, 1.54) is 0 Å². The van der Waals surface area contributed by atoms with E-state index in [2.05, 4.69) is 38.7 Å². The summed E-state index contributed by atoms with van der Waals surface area (Å²) in [6, 6.07) is 11.3. The molecule has 0 bridgehead atoms. The molecule has 0 saturated heterocycles. The van der Waals surface area contributed by atoms with Gasteiger partial charge in [-0.1, -0.05) is 30.7 Å². The second kappa shape index (κ2) is 11.0. The van der Waals surface area contributed by atoms with E-state index in [0.29, 0.717) is 22.8 Å². The van der Waals surface area contributed by atoms with Gasteiger partial charge in [0.15, 0.2) is 5.82 Å². The maximum Gasteiger partial charge on any atom is 0.251 e. The number of carbonyl (C=O) groups excluding carboxylic acids is 1. The first-order valence-electron chi connectivity index (χ1n) is 11.3. The molecule has 4 rings (SSSR count). The van der Waals surface area contributed by atoms with Crippen LogP contribution >= 0.6 is 11.6 Å². The summed E-state index contributed by atoms with van der Waals surface area (Å²) in [5.74, 6) is 1.84. The van der Waals surface area contributed by atoms with Gasteiger partial charge >= 0.3 is 0 Å². The predicted molar refractivity (Wildman–Crippen MR) is 137 cm³/mol. The molecule has 2 N–H and O–H groups in total. The number of hydrogen-bond donors (Lipinski definition) is 2. The normalized spacial score (nSPS) is 10.7. The molecule has 3 heterocycles. The number of pyridine rings is 2. The van der Waals surface area contributed by atoms with Gasteiger partial charge in [-0.15, -0.1) is 0 Å². The second-order valence-electron chi connectivity index (χ2n) is 7.92. The number of nitrogens with zero attached hydrogens (tertiary/aromatic N) is 4. The Labute approximate surface area is 209 Å². The number of amides is 1. The third kappa shape index (κ3) is 5.60. The molecule has 1 aromatic carbocycles. The van der Waals surface area contributed by atoms with Gasteiger partial charge in [-0.2, -0.15) is 5.10 Å². The van der Waals surface area contributed by atoms with E-state index in [-0.39, 0.29) is 5.91 Å². The molecule has 0 aliphatic heterocycles. The number of aromatic nitrogens is 4. The Morgan fingerprint density at radius 3 is 2.69 bits per heavy atom. The standard InChI is InChI=1S/C26H27ClN6O2/c1-4-18-11-17(8-9-19-12-20(26(34)28-2)13-22(35-3)24(19)27)14-30-25(18)32-21-15-31-33(16-21)23-7-5-6-10-29-23/h5-7,10-16H,4,8-9H2,1-3H3,(H,28,34)(H,30,32). The van der Waals surface area contributed by atoms with Crippen LogP contribution in [0.1, 0.15) is 34.0 Å². The zero-order valence-electron chi connectivity index (χ0n) is 19.9. The number of carbonyl (C=O) groups is 1. The van der Waals surface area contributed by atoms with Gasteiger partial charge in [0, 0.05) is 25.0 Å². The summed E-state index contributed by atoms with van der Waals surface area (Å²) in [5.41, 5.74) is 4.37. The Balaban J connectivity index is 1.50. The van der Waals surface area contributed by atoms with Crippen molar-refractivity contribution in [3.8, 4) is 11.6 Å². The molecule has 1 amide bonds. The Morgan fingerprint density at radius 2 is 1.97 bits per heavy atom. The van der Waals surface area contributed by atoms with E-state index in [1.54, 1.807) is 37.3 Å². The number of anilines is 2. The number of aryl methyl sites for hydroxylation is 3. The highest BCUT2D eigenvalue weighted by Gasteiger charge is 2.14. The largest absolute Gasteiger partial charge is 0.495 e. The Morgan fingerprint density at radius 1 is 1.11 bits per heavy atom. The van der Waals surface area contributed by atoms with Crippen LogP contribution in [0.15, 0.2) is 61.2 Å². The molecule has 0 atom stereocenters. The first kappa shape index (κ1) is 24.2. The van der Waals surface area contributed by atoms with Gasteiger partial charge in [0.25, 0.3) is 5.91 Å². The molecular weight excluding hydrogens is 464 g/mol. The number of halogens is 1. The Bertz CT molecular complexity index is 1320. The summed E-state index contributed by atoms with van der Waals surface area (Å²) in [5, 5.41) is 10.9. The highest BCUT2D eigenvalue weighted by molar-refractivity contribution is 6.33. The van der Waals surface area contributed by atoms with Crippen molar-refractivity contribution >= 4 is 29.0 Å². The highest BCUT2D eigenvalue weighted by atomic mass is 35.5. The number of benzene rings is 1. The average Bonchev–Trinajstić information content (AvgIpc) is 3.37. The lowest BCUT2D eigenvalue weighted by Gasteiger charge is -2.13. The van der Waals surface area contributed by atoms with Crippen LogP contribution in [0.2, 0.25) is 5.02 Å². The van der Waals surface area contributed by atoms with Crippen LogP contribution in [-0.2, 0) is 19.3 Å². The lowest BCUT2D eigenvalue weighted by Crippen LogP contribution is -2.18. The van der Waals surface area contributed by atoms with Gasteiger partial charge in [0.1, 0.15) is 11.6 Å². The Kier molecular flexibility index (Phi) is 7.62. The molecule has 180 valence electrons. The lowest BCUT2D eigenvalue weighted by atomic mass is 10.0. The van der Waals surface area contributed by atoms with E-state index in [0.717, 1.165) is 46.9 Å². The van der Waals surface area contributed by atoms with Crippen LogP contribution in [0.5, 0.6) is 5.75 Å². The molecular formula is C26H27ClN6O2. The van der Waals surface area contributed by atoms with E-state index in [1.807, 2.05) is 36.7 Å². The fourth-order valence-electron chi connectivity index (χ4n) is 3.76. The van der Waals surface area contributed by atoms with Crippen molar-refractivity contribution in [2.45, 2.75) is 26.2 Å². The second-order valence-corrected chi connectivity index (χ2v) is 8.30. The molecule has 0 aliphatic rings. The predicted octanol–water partition coefficient (Wildman–Crippen LogP) is 4.78. The molecule has 0 fully saturated rings. The summed E-state index contributed by atoms with van der Waals surface area (Å²) in [6.45, 7) is 2.10. The van der Waals surface area contributed by atoms with Crippen molar-refractivity contribution in [3.05, 3.63) is 88.5 Å². The summed E-state index contributed by atoms with van der Waals surface area (Å²) in [7, 11) is 3.14. The van der Waals surface area contributed by atoms with E-state index in [4.69, 9.17) is 16.3 Å². The number of ether oxygens (including phenoxy) is 1. The van der Waals surface area contributed by atoms with E-state index in [9.17, 15) is 4.79 Å². The topological polar surface area (TPSA) is 94.0 Å². The van der Waals surface area contributed by atoms with Gasteiger partial charge in [-0.3, -0.25) is 4.79 Å². The minimum absolute atomic E-state index is 0.182. The number of hydrogen-bond acceptors (Lipinski definition) is 6. The number of methoxy groups -OCH3 is 1. The molecule has 0 saturated carbocycles. The summed E-state index contributed by atoms with van der Waals surface area (Å²) in [4.78, 5) is 21.1. The first-order chi connectivity index (χ1) is 17.0. The first-order valence-corrected chi connectivity index (χ1v) is 11.7. The van der Waals surface area contributed by atoms with Crippen molar-refractivity contribution < 1.29 is 9.53 Å². The molecule has 0 unspecified atom stereocenters.